The monoisotopic (exact) mass is 654 g/mol. The summed E-state index contributed by atoms with van der Waals surface area (Å²) in [7, 11) is 0. The molecule has 234 valence electrons. The maximum absolute atomic E-state index is 13.0. The van der Waals surface area contributed by atoms with Crippen LogP contribution in [-0.4, -0.2) is 54.4 Å². The lowest BCUT2D eigenvalue weighted by atomic mass is 9.97. The molecule has 0 unspecified atom stereocenters. The Bertz CT molecular complexity index is 2060. The molecule has 8 rings (SSSR count). The van der Waals surface area contributed by atoms with Gasteiger partial charge in [0.1, 0.15) is 22.7 Å². The second-order valence-electron chi connectivity index (χ2n) is 12.2. The van der Waals surface area contributed by atoms with E-state index in [1.807, 2.05) is 48.8 Å². The SMILES string of the molecule is O=c1[nH]c(C[C@@H]2CCCN2)nn2cc(-c3cccc(-c4cccc(-c5cc6c(=O)[nH]c(C[C@@H]7CCCN7)nn6c5)c4Cl)c3Cl)cc12. The van der Waals surface area contributed by atoms with Crippen LogP contribution in [0.4, 0.5) is 0 Å². The highest BCUT2D eigenvalue weighted by Crippen LogP contribution is 2.42. The highest BCUT2D eigenvalue weighted by molar-refractivity contribution is 6.39. The minimum atomic E-state index is -0.187. The summed E-state index contributed by atoms with van der Waals surface area (Å²) < 4.78 is 3.27. The van der Waals surface area contributed by atoms with Crippen LogP contribution in [0.25, 0.3) is 44.4 Å². The van der Waals surface area contributed by atoms with Gasteiger partial charge >= 0.3 is 0 Å². The van der Waals surface area contributed by atoms with Crippen LogP contribution in [0.15, 0.2) is 70.5 Å². The zero-order chi connectivity index (χ0) is 31.4. The van der Waals surface area contributed by atoms with E-state index in [2.05, 4.69) is 20.6 Å². The van der Waals surface area contributed by atoms with E-state index < -0.39 is 0 Å². The molecule has 0 bridgehead atoms. The van der Waals surface area contributed by atoms with Crippen LogP contribution in [0.5, 0.6) is 0 Å². The predicted octanol–water partition coefficient (Wildman–Crippen LogP) is 5.26. The first-order valence-electron chi connectivity index (χ1n) is 15.7. The van der Waals surface area contributed by atoms with Crippen molar-refractivity contribution in [2.24, 2.45) is 0 Å². The summed E-state index contributed by atoms with van der Waals surface area (Å²) in [6.45, 7) is 1.98. The Hall–Kier alpha value is -4.22. The van der Waals surface area contributed by atoms with Crippen molar-refractivity contribution in [2.75, 3.05) is 13.1 Å². The molecule has 2 fully saturated rings. The lowest BCUT2D eigenvalue weighted by molar-refractivity contribution is 0.575. The molecule has 6 aromatic rings. The van der Waals surface area contributed by atoms with Gasteiger partial charge in [0.2, 0.25) is 0 Å². The van der Waals surface area contributed by atoms with Crippen molar-refractivity contribution in [2.45, 2.75) is 50.6 Å². The summed E-state index contributed by atoms with van der Waals surface area (Å²) >= 11 is 14.2. The highest BCUT2D eigenvalue weighted by Gasteiger charge is 2.21. The molecular weight excluding hydrogens is 623 g/mol. The first-order valence-corrected chi connectivity index (χ1v) is 16.4. The molecule has 6 heterocycles. The van der Waals surface area contributed by atoms with Gasteiger partial charge in [-0.15, -0.1) is 0 Å². The third kappa shape index (κ3) is 5.35. The van der Waals surface area contributed by atoms with E-state index in [9.17, 15) is 9.59 Å². The molecule has 2 aromatic carbocycles. The molecule has 0 saturated carbocycles. The van der Waals surface area contributed by atoms with Crippen LogP contribution < -0.4 is 21.8 Å². The number of benzene rings is 2. The fourth-order valence-electron chi connectivity index (χ4n) is 6.84. The summed E-state index contributed by atoms with van der Waals surface area (Å²) in [6.07, 6.45) is 9.42. The van der Waals surface area contributed by atoms with E-state index >= 15 is 0 Å². The Balaban J connectivity index is 1.13. The van der Waals surface area contributed by atoms with Crippen molar-refractivity contribution in [3.8, 4) is 33.4 Å². The summed E-state index contributed by atoms with van der Waals surface area (Å²) in [5.41, 5.74) is 5.11. The van der Waals surface area contributed by atoms with Gasteiger partial charge in [-0.25, -0.2) is 9.03 Å². The van der Waals surface area contributed by atoms with Gasteiger partial charge < -0.3 is 20.6 Å². The third-order valence-electron chi connectivity index (χ3n) is 9.15. The molecule has 4 N–H and O–H groups in total. The fraction of sp³-hybridized carbons (Fsp3) is 0.294. The second kappa shape index (κ2) is 11.9. The zero-order valence-corrected chi connectivity index (χ0v) is 26.5. The Morgan fingerprint density at radius 2 is 1.11 bits per heavy atom. The van der Waals surface area contributed by atoms with Crippen LogP contribution in [0.2, 0.25) is 10.0 Å². The van der Waals surface area contributed by atoms with E-state index in [0.29, 0.717) is 57.7 Å². The van der Waals surface area contributed by atoms with E-state index in [1.165, 1.54) is 0 Å². The number of hydrogen-bond donors (Lipinski definition) is 4. The highest BCUT2D eigenvalue weighted by atomic mass is 35.5. The number of nitrogens with zero attached hydrogens (tertiary/aromatic N) is 4. The summed E-state index contributed by atoms with van der Waals surface area (Å²) in [6, 6.07) is 15.8. The minimum Gasteiger partial charge on any atom is -0.314 e. The minimum absolute atomic E-state index is 0.187. The zero-order valence-electron chi connectivity index (χ0n) is 24.9. The molecule has 2 aliphatic heterocycles. The number of halogens is 2. The molecular formula is C34H32Cl2N8O2. The standard InChI is InChI=1S/C34H32Cl2N8O2/c35-31-23(19-13-27-33(45)39-29(41-43(27)17-19)15-21-5-3-11-37-21)7-1-9-25(31)26-10-2-8-24(32(26)36)20-14-28-34(46)40-30(42-44(28)18-20)16-22-6-4-12-38-22/h1-2,7-10,13-14,17-18,21-22,37-38H,3-6,11-12,15-16H2,(H,39,41,45)(H,40,42,46)/t21-,22-/m0/s1. The number of aromatic amines is 2. The Morgan fingerprint density at radius 3 is 1.52 bits per heavy atom. The molecule has 2 saturated heterocycles. The molecule has 0 radical (unpaired) electrons. The summed E-state index contributed by atoms with van der Waals surface area (Å²) in [4.78, 5) is 31.8. The van der Waals surface area contributed by atoms with Gasteiger partial charge in [-0.1, -0.05) is 59.6 Å². The fourth-order valence-corrected chi connectivity index (χ4v) is 7.52. The quantitative estimate of drug-likeness (QED) is 0.186. The Morgan fingerprint density at radius 1 is 0.674 bits per heavy atom. The van der Waals surface area contributed by atoms with Gasteiger partial charge in [0.25, 0.3) is 11.1 Å². The summed E-state index contributed by atoms with van der Waals surface area (Å²) in [5.74, 6) is 1.31. The molecule has 46 heavy (non-hydrogen) atoms. The van der Waals surface area contributed by atoms with Crippen molar-refractivity contribution >= 4 is 34.2 Å². The normalized spacial score (nSPS) is 18.3. The lowest BCUT2D eigenvalue weighted by Gasteiger charge is -2.13. The first-order chi connectivity index (χ1) is 22.4. The van der Waals surface area contributed by atoms with Gasteiger partial charge in [0.15, 0.2) is 0 Å². The van der Waals surface area contributed by atoms with Gasteiger partial charge in [-0.05, 0) is 50.9 Å². The molecule has 2 atom stereocenters. The molecule has 4 aromatic heterocycles. The van der Waals surface area contributed by atoms with Gasteiger partial charge in [0, 0.05) is 70.7 Å². The van der Waals surface area contributed by atoms with Crippen LogP contribution in [0.3, 0.4) is 0 Å². The van der Waals surface area contributed by atoms with E-state index in [1.54, 1.807) is 21.2 Å². The van der Waals surface area contributed by atoms with Crippen LogP contribution in [0, 0.1) is 0 Å². The maximum atomic E-state index is 13.0. The first kappa shape index (κ1) is 29.2. The number of fused-ring (bicyclic) bond motifs is 2. The smallest absolute Gasteiger partial charge is 0.275 e. The van der Waals surface area contributed by atoms with E-state index in [0.717, 1.165) is 72.2 Å². The van der Waals surface area contributed by atoms with Crippen molar-refractivity contribution in [1.82, 2.24) is 39.8 Å². The number of rotatable bonds is 7. The Labute approximate surface area is 273 Å². The van der Waals surface area contributed by atoms with Crippen LogP contribution in [0.1, 0.15) is 37.3 Å². The number of hydrogen-bond acceptors (Lipinski definition) is 6. The average molecular weight is 656 g/mol. The molecule has 0 spiro atoms. The van der Waals surface area contributed by atoms with Crippen molar-refractivity contribution in [3.05, 3.63) is 103 Å². The van der Waals surface area contributed by atoms with Gasteiger partial charge in [0.05, 0.1) is 10.0 Å². The topological polar surface area (TPSA) is 124 Å². The molecule has 0 amide bonds. The van der Waals surface area contributed by atoms with Crippen LogP contribution in [-0.2, 0) is 12.8 Å². The van der Waals surface area contributed by atoms with E-state index in [4.69, 9.17) is 33.4 Å². The second-order valence-corrected chi connectivity index (χ2v) is 13.0. The lowest BCUT2D eigenvalue weighted by Crippen LogP contribution is -2.27. The largest absolute Gasteiger partial charge is 0.314 e. The van der Waals surface area contributed by atoms with E-state index in [-0.39, 0.29) is 11.1 Å². The molecule has 10 nitrogen and oxygen atoms in total. The maximum Gasteiger partial charge on any atom is 0.275 e. The van der Waals surface area contributed by atoms with Gasteiger partial charge in [-0.2, -0.15) is 10.2 Å². The average Bonchev–Trinajstić information content (AvgIpc) is 3.86. The number of nitrogens with one attached hydrogen (secondary N) is 4. The molecule has 12 heteroatoms. The van der Waals surface area contributed by atoms with Gasteiger partial charge in [-0.3, -0.25) is 9.59 Å². The van der Waals surface area contributed by atoms with Crippen molar-refractivity contribution in [1.29, 1.82) is 0 Å². The predicted molar refractivity (Wildman–Crippen MR) is 181 cm³/mol. The number of H-pyrrole nitrogens is 2. The summed E-state index contributed by atoms with van der Waals surface area (Å²) in [5, 5.41) is 17.3. The Kier molecular flexibility index (Phi) is 7.53. The van der Waals surface area contributed by atoms with Crippen molar-refractivity contribution < 1.29 is 0 Å². The third-order valence-corrected chi connectivity index (χ3v) is 9.97. The van der Waals surface area contributed by atoms with Crippen LogP contribution >= 0.6 is 23.2 Å². The van der Waals surface area contributed by atoms with Crippen molar-refractivity contribution in [3.63, 3.8) is 0 Å². The molecule has 0 aliphatic carbocycles. The number of aromatic nitrogens is 6. The molecule has 2 aliphatic rings.